The van der Waals surface area contributed by atoms with Crippen molar-refractivity contribution in [2.24, 2.45) is 0 Å². The summed E-state index contributed by atoms with van der Waals surface area (Å²) in [6.07, 6.45) is -0.489. The molecular formula is C27H37N3O5Si. The molecular weight excluding hydrogens is 474 g/mol. The molecule has 8 nitrogen and oxygen atoms in total. The number of hydrogen-bond donors (Lipinski definition) is 2. The third-order valence-electron chi connectivity index (χ3n) is 6.73. The zero-order chi connectivity index (χ0) is 26.7. The van der Waals surface area contributed by atoms with Crippen molar-refractivity contribution in [1.82, 2.24) is 15.3 Å². The van der Waals surface area contributed by atoms with Crippen molar-refractivity contribution < 1.29 is 18.7 Å². The van der Waals surface area contributed by atoms with Crippen LogP contribution in [0.1, 0.15) is 40.2 Å². The van der Waals surface area contributed by atoms with E-state index in [1.807, 2.05) is 50.2 Å². The van der Waals surface area contributed by atoms with Crippen molar-refractivity contribution in [3.05, 3.63) is 58.4 Å². The maximum Gasteiger partial charge on any atom is 0.406 e. The first-order valence-electron chi connectivity index (χ1n) is 12.0. The molecule has 0 aliphatic rings. The van der Waals surface area contributed by atoms with Gasteiger partial charge in [0.25, 0.3) is 5.56 Å². The average molecular weight is 512 g/mol. The van der Waals surface area contributed by atoms with Crippen LogP contribution in [0.3, 0.4) is 0 Å². The van der Waals surface area contributed by atoms with E-state index in [-0.39, 0.29) is 10.6 Å². The monoisotopic (exact) mass is 511 g/mol. The summed E-state index contributed by atoms with van der Waals surface area (Å²) in [6, 6.07) is 13.2. The number of carbonyl (C=O) groups excluding carboxylic acids is 1. The van der Waals surface area contributed by atoms with Gasteiger partial charge in [-0.3, -0.25) is 4.79 Å². The van der Waals surface area contributed by atoms with Crippen LogP contribution in [0.15, 0.2) is 47.3 Å². The van der Waals surface area contributed by atoms with Crippen LogP contribution < -0.4 is 15.3 Å². The third kappa shape index (κ3) is 6.33. The number of benzene rings is 2. The third-order valence-corrected chi connectivity index (χ3v) is 11.1. The van der Waals surface area contributed by atoms with Crippen molar-refractivity contribution >= 4 is 25.3 Å². The van der Waals surface area contributed by atoms with Gasteiger partial charge in [0.05, 0.1) is 30.2 Å². The van der Waals surface area contributed by atoms with E-state index in [9.17, 15) is 9.59 Å². The maximum atomic E-state index is 12.9. The Labute approximate surface area is 213 Å². The van der Waals surface area contributed by atoms with E-state index in [1.54, 1.807) is 6.07 Å². The van der Waals surface area contributed by atoms with Gasteiger partial charge in [-0.15, -0.1) is 0 Å². The summed E-state index contributed by atoms with van der Waals surface area (Å²) < 4.78 is 16.9. The molecule has 0 fully saturated rings. The van der Waals surface area contributed by atoms with E-state index in [2.05, 4.69) is 53.9 Å². The molecule has 0 spiro atoms. The highest BCUT2D eigenvalue weighted by molar-refractivity contribution is 6.74. The van der Waals surface area contributed by atoms with Crippen molar-refractivity contribution in [2.75, 3.05) is 20.3 Å². The van der Waals surface area contributed by atoms with Crippen LogP contribution in [0.25, 0.3) is 22.3 Å². The predicted octanol–water partition coefficient (Wildman–Crippen LogP) is 5.58. The minimum Gasteiger partial charge on any atom is -0.543 e. The van der Waals surface area contributed by atoms with Gasteiger partial charge in [0, 0.05) is 12.1 Å². The summed E-state index contributed by atoms with van der Waals surface area (Å²) in [4.78, 5) is 31.7. The molecule has 3 aromatic rings. The predicted molar refractivity (Wildman–Crippen MR) is 145 cm³/mol. The van der Waals surface area contributed by atoms with Crippen LogP contribution in [0.2, 0.25) is 18.1 Å². The van der Waals surface area contributed by atoms with Gasteiger partial charge in [0.2, 0.25) is 8.32 Å². The fraction of sp³-hybridized carbons (Fsp3) is 0.444. The number of aromatic nitrogens is 2. The molecule has 1 heterocycles. The molecule has 2 aromatic carbocycles. The lowest BCUT2D eigenvalue weighted by molar-refractivity contribution is -0.0195. The highest BCUT2D eigenvalue weighted by atomic mass is 28.4. The number of fused-ring (bicyclic) bond motifs is 1. The number of carbonyl (C=O) groups is 1. The number of ether oxygens (including phenoxy) is 2. The quantitative estimate of drug-likeness (QED) is 0.302. The molecule has 36 heavy (non-hydrogen) atoms. The van der Waals surface area contributed by atoms with Crippen LogP contribution in [0, 0.1) is 0 Å². The first-order valence-corrected chi connectivity index (χ1v) is 14.9. The fourth-order valence-corrected chi connectivity index (χ4v) is 4.43. The Kier molecular flexibility index (Phi) is 7.95. The molecule has 3 rings (SSSR count). The number of nitrogens with one attached hydrogen (secondary N) is 2. The summed E-state index contributed by atoms with van der Waals surface area (Å²) >= 11 is 0. The van der Waals surface area contributed by atoms with Crippen LogP contribution in [0.4, 0.5) is 4.79 Å². The van der Waals surface area contributed by atoms with Crippen molar-refractivity contribution in [3.63, 3.8) is 0 Å². The second-order valence-electron chi connectivity index (χ2n) is 10.8. The van der Waals surface area contributed by atoms with E-state index >= 15 is 0 Å². The topological polar surface area (TPSA) is 103 Å². The van der Waals surface area contributed by atoms with Crippen LogP contribution >= 0.6 is 0 Å². The second kappa shape index (κ2) is 10.4. The van der Waals surface area contributed by atoms with Crippen molar-refractivity contribution in [3.8, 4) is 17.1 Å². The van der Waals surface area contributed by atoms with Crippen LogP contribution in [-0.2, 0) is 15.1 Å². The van der Waals surface area contributed by atoms with Gasteiger partial charge in [-0.1, -0.05) is 45.0 Å². The molecule has 0 bridgehead atoms. The number of methoxy groups -OCH3 is 1. The normalized spacial score (nSPS) is 12.4. The Morgan fingerprint density at radius 2 is 1.72 bits per heavy atom. The van der Waals surface area contributed by atoms with E-state index in [0.717, 1.165) is 11.1 Å². The summed E-state index contributed by atoms with van der Waals surface area (Å²) in [5.41, 5.74) is 1.59. The van der Waals surface area contributed by atoms with Crippen LogP contribution in [0.5, 0.6) is 5.75 Å². The molecule has 0 radical (unpaired) electrons. The number of hydrogen-bond acceptors (Lipinski definition) is 6. The van der Waals surface area contributed by atoms with Gasteiger partial charge in [0.1, 0.15) is 11.6 Å². The summed E-state index contributed by atoms with van der Waals surface area (Å²) in [5.74, 6) is 1.20. The number of H-pyrrole nitrogens is 1. The van der Waals surface area contributed by atoms with E-state index in [0.29, 0.717) is 35.6 Å². The number of amides is 1. The van der Waals surface area contributed by atoms with E-state index in [4.69, 9.17) is 9.16 Å². The van der Waals surface area contributed by atoms with Gasteiger partial charge in [-0.25, -0.2) is 9.78 Å². The Morgan fingerprint density at radius 3 is 2.33 bits per heavy atom. The molecule has 0 unspecified atom stereocenters. The number of aromatic amines is 1. The van der Waals surface area contributed by atoms with Crippen molar-refractivity contribution in [2.45, 2.75) is 58.4 Å². The highest BCUT2D eigenvalue weighted by Gasteiger charge is 2.39. The van der Waals surface area contributed by atoms with E-state index < -0.39 is 20.0 Å². The molecule has 9 heteroatoms. The van der Waals surface area contributed by atoms with Gasteiger partial charge < -0.3 is 24.2 Å². The summed E-state index contributed by atoms with van der Waals surface area (Å²) in [6.45, 7) is 15.5. The molecule has 1 aromatic heterocycles. The fourth-order valence-electron chi connectivity index (χ4n) is 3.41. The first kappa shape index (κ1) is 27.4. The zero-order valence-corrected chi connectivity index (χ0v) is 23.4. The maximum absolute atomic E-state index is 12.9. The minimum absolute atomic E-state index is 0.0577. The summed E-state index contributed by atoms with van der Waals surface area (Å²) in [5, 5.41) is 3.15. The Balaban J connectivity index is 1.78. The van der Waals surface area contributed by atoms with E-state index in [1.165, 1.54) is 7.11 Å². The Morgan fingerprint density at radius 1 is 1.06 bits per heavy atom. The average Bonchev–Trinajstić information content (AvgIpc) is 2.81. The van der Waals surface area contributed by atoms with Gasteiger partial charge >= 0.3 is 6.09 Å². The van der Waals surface area contributed by atoms with Gasteiger partial charge in [-0.2, -0.15) is 0 Å². The summed E-state index contributed by atoms with van der Waals surface area (Å²) in [7, 11) is -0.699. The highest BCUT2D eigenvalue weighted by Crippen LogP contribution is 2.37. The molecule has 194 valence electrons. The van der Waals surface area contributed by atoms with Gasteiger partial charge in [-0.05, 0) is 55.7 Å². The molecule has 0 aliphatic carbocycles. The molecule has 2 N–H and O–H groups in total. The zero-order valence-electron chi connectivity index (χ0n) is 22.4. The Hall–Kier alpha value is -3.17. The second-order valence-corrected chi connectivity index (χ2v) is 15.5. The van der Waals surface area contributed by atoms with Crippen molar-refractivity contribution in [1.29, 1.82) is 0 Å². The first-order chi connectivity index (χ1) is 16.7. The lowest BCUT2D eigenvalue weighted by Crippen LogP contribution is -2.43. The minimum atomic E-state index is -2.02. The molecule has 1 amide bonds. The lowest BCUT2D eigenvalue weighted by Gasteiger charge is -2.36. The number of alkyl carbamates (subject to hydrolysis) is 1. The van der Waals surface area contributed by atoms with Crippen LogP contribution in [-0.4, -0.2) is 44.6 Å². The largest absolute Gasteiger partial charge is 0.543 e. The molecule has 0 atom stereocenters. The Bertz CT molecular complexity index is 1280. The molecule has 0 saturated heterocycles. The number of rotatable bonds is 8. The standard InChI is InChI=1S/C27H37N3O5Si/c1-26(2,3)36(7,8)35-20-13-14-22-21(17-20)24(31)30-23(29-22)18-9-11-19(12-10-18)27(4,5)34-16-15-28-25(32)33-6/h9-14,17H,15-16H2,1-8H3,(H,28,32)(H,29,30,31). The smallest absolute Gasteiger partial charge is 0.406 e. The molecule has 0 saturated carbocycles. The van der Waals surface area contributed by atoms with Gasteiger partial charge in [0.15, 0.2) is 0 Å². The number of nitrogens with zero attached hydrogens (tertiary/aromatic N) is 1. The lowest BCUT2D eigenvalue weighted by atomic mass is 9.96. The SMILES string of the molecule is COC(=O)NCCOC(C)(C)c1ccc(-c2nc3ccc(O[Si](C)(C)C(C)(C)C)cc3c(=O)[nH]2)cc1. The molecule has 0 aliphatic heterocycles.